The molecule has 5 nitrogen and oxygen atoms in total. The Kier molecular flexibility index (Phi) is 4.10. The van der Waals surface area contributed by atoms with Crippen molar-refractivity contribution in [2.45, 2.75) is 29.8 Å². The van der Waals surface area contributed by atoms with Crippen molar-refractivity contribution in [2.24, 2.45) is 0 Å². The highest BCUT2D eigenvalue weighted by Crippen LogP contribution is 2.42. The third-order valence-corrected chi connectivity index (χ3v) is 6.12. The van der Waals surface area contributed by atoms with E-state index in [1.165, 1.54) is 17.7 Å². The molecule has 0 amide bonds. The first kappa shape index (κ1) is 15.8. The quantitative estimate of drug-likeness (QED) is 0.426. The molecule has 0 N–H and O–H groups in total. The molecule has 0 bridgehead atoms. The maximum atomic E-state index is 5.51. The van der Waals surface area contributed by atoms with Gasteiger partial charge in [0.2, 0.25) is 0 Å². The Labute approximate surface area is 159 Å². The molecule has 0 saturated heterocycles. The number of benzene rings is 1. The van der Waals surface area contributed by atoms with Crippen molar-refractivity contribution in [1.29, 1.82) is 0 Å². The smallest absolute Gasteiger partial charge is 0.192 e. The highest BCUT2D eigenvalue weighted by molar-refractivity contribution is 7.98. The van der Waals surface area contributed by atoms with Crippen LogP contribution in [0.4, 0.5) is 0 Å². The number of thiophene rings is 1. The van der Waals surface area contributed by atoms with E-state index in [0.717, 1.165) is 28.0 Å². The fourth-order valence-electron chi connectivity index (χ4n) is 2.87. The molecule has 4 aromatic rings. The van der Waals surface area contributed by atoms with E-state index in [1.807, 2.05) is 36.4 Å². The van der Waals surface area contributed by atoms with E-state index in [0.29, 0.717) is 11.8 Å². The molecular weight excluding hydrogens is 364 g/mol. The summed E-state index contributed by atoms with van der Waals surface area (Å²) in [5.41, 5.74) is 1.93. The van der Waals surface area contributed by atoms with E-state index in [4.69, 9.17) is 4.52 Å². The zero-order chi connectivity index (χ0) is 17.3. The van der Waals surface area contributed by atoms with Crippen LogP contribution in [0.2, 0.25) is 0 Å². The van der Waals surface area contributed by atoms with Crippen LogP contribution in [0.5, 0.6) is 0 Å². The van der Waals surface area contributed by atoms with Crippen molar-refractivity contribution < 1.29 is 4.52 Å². The highest BCUT2D eigenvalue weighted by atomic mass is 32.2. The van der Waals surface area contributed by atoms with Crippen molar-refractivity contribution in [3.05, 3.63) is 59.7 Å². The lowest BCUT2D eigenvalue weighted by Crippen LogP contribution is -1.98. The van der Waals surface area contributed by atoms with Gasteiger partial charge in [0.05, 0.1) is 10.6 Å². The van der Waals surface area contributed by atoms with Crippen LogP contribution in [0, 0.1) is 0 Å². The van der Waals surface area contributed by atoms with Crippen molar-refractivity contribution in [3.63, 3.8) is 0 Å². The van der Waals surface area contributed by atoms with Gasteiger partial charge in [-0.3, -0.25) is 4.57 Å². The lowest BCUT2D eigenvalue weighted by atomic mass is 10.1. The lowest BCUT2D eigenvalue weighted by molar-refractivity contribution is 0.397. The van der Waals surface area contributed by atoms with E-state index in [9.17, 15) is 0 Å². The molecule has 3 heterocycles. The van der Waals surface area contributed by atoms with Crippen LogP contribution in [0.15, 0.2) is 63.6 Å². The van der Waals surface area contributed by atoms with E-state index < -0.39 is 0 Å². The monoisotopic (exact) mass is 380 g/mol. The summed E-state index contributed by atoms with van der Waals surface area (Å²) in [5, 5.41) is 16.1. The standard InChI is InChI=1S/C19H16N4OS2/c1-2-5-13(6-3-1)16-11-15(24-22-16)12-26-19-21-20-18(17-7-4-10-25-17)23(19)14-8-9-14/h1-7,10-11,14H,8-9,12H2. The minimum Gasteiger partial charge on any atom is -0.360 e. The third-order valence-electron chi connectivity index (χ3n) is 4.29. The van der Waals surface area contributed by atoms with E-state index in [1.54, 1.807) is 23.1 Å². The maximum Gasteiger partial charge on any atom is 0.192 e. The van der Waals surface area contributed by atoms with Gasteiger partial charge in [-0.05, 0) is 24.3 Å². The summed E-state index contributed by atoms with van der Waals surface area (Å²) in [4.78, 5) is 1.17. The van der Waals surface area contributed by atoms with Crippen molar-refractivity contribution in [3.8, 4) is 22.0 Å². The molecule has 1 aliphatic rings. The first-order valence-electron chi connectivity index (χ1n) is 8.51. The molecule has 1 aliphatic carbocycles. The van der Waals surface area contributed by atoms with Gasteiger partial charge in [-0.1, -0.05) is 53.3 Å². The first-order valence-corrected chi connectivity index (χ1v) is 10.4. The van der Waals surface area contributed by atoms with Gasteiger partial charge in [0.1, 0.15) is 11.5 Å². The number of nitrogens with zero attached hydrogens (tertiary/aromatic N) is 4. The molecule has 0 atom stereocenters. The van der Waals surface area contributed by atoms with Crippen LogP contribution in [-0.4, -0.2) is 19.9 Å². The summed E-state index contributed by atoms with van der Waals surface area (Å²) < 4.78 is 7.79. The summed E-state index contributed by atoms with van der Waals surface area (Å²) in [6.45, 7) is 0. The van der Waals surface area contributed by atoms with Crippen LogP contribution in [0.1, 0.15) is 24.6 Å². The van der Waals surface area contributed by atoms with Gasteiger partial charge in [0.25, 0.3) is 0 Å². The van der Waals surface area contributed by atoms with Crippen LogP contribution in [0.3, 0.4) is 0 Å². The summed E-state index contributed by atoms with van der Waals surface area (Å²) in [6.07, 6.45) is 2.40. The Bertz CT molecular complexity index is 1000. The zero-order valence-corrected chi connectivity index (χ0v) is 15.5. The fourth-order valence-corrected chi connectivity index (χ4v) is 4.46. The molecule has 26 heavy (non-hydrogen) atoms. The van der Waals surface area contributed by atoms with Gasteiger partial charge in [0, 0.05) is 17.7 Å². The van der Waals surface area contributed by atoms with E-state index in [2.05, 4.69) is 37.4 Å². The SMILES string of the molecule is c1ccc(-c2cc(CSc3nnc(-c4cccs4)n3C3CC3)on2)cc1. The van der Waals surface area contributed by atoms with Crippen molar-refractivity contribution in [2.75, 3.05) is 0 Å². The molecule has 1 fully saturated rings. The van der Waals surface area contributed by atoms with Crippen LogP contribution >= 0.6 is 23.1 Å². The molecule has 0 spiro atoms. The molecule has 0 radical (unpaired) electrons. The number of thioether (sulfide) groups is 1. The summed E-state index contributed by atoms with van der Waals surface area (Å²) in [5.74, 6) is 2.51. The zero-order valence-electron chi connectivity index (χ0n) is 13.9. The highest BCUT2D eigenvalue weighted by Gasteiger charge is 2.30. The second kappa shape index (κ2) is 6.74. The third kappa shape index (κ3) is 3.08. The van der Waals surface area contributed by atoms with Crippen LogP contribution < -0.4 is 0 Å². The number of hydrogen-bond donors (Lipinski definition) is 0. The second-order valence-corrected chi connectivity index (χ2v) is 8.11. The average Bonchev–Trinajstić information content (AvgIpc) is 3.10. The van der Waals surface area contributed by atoms with Gasteiger partial charge in [0.15, 0.2) is 11.0 Å². The Morgan fingerprint density at radius 3 is 2.77 bits per heavy atom. The number of aromatic nitrogens is 4. The van der Waals surface area contributed by atoms with E-state index in [-0.39, 0.29) is 0 Å². The molecule has 5 rings (SSSR count). The number of hydrogen-bond acceptors (Lipinski definition) is 6. The minimum atomic E-state index is 0.527. The van der Waals surface area contributed by atoms with Crippen LogP contribution in [-0.2, 0) is 5.75 Å². The molecule has 1 saturated carbocycles. The second-order valence-electron chi connectivity index (χ2n) is 6.22. The maximum absolute atomic E-state index is 5.51. The van der Waals surface area contributed by atoms with Crippen molar-refractivity contribution in [1.82, 2.24) is 19.9 Å². The molecule has 7 heteroatoms. The molecular formula is C19H16N4OS2. The van der Waals surface area contributed by atoms with Gasteiger partial charge >= 0.3 is 0 Å². The van der Waals surface area contributed by atoms with Crippen LogP contribution in [0.25, 0.3) is 22.0 Å². The van der Waals surface area contributed by atoms with Gasteiger partial charge in [-0.25, -0.2) is 0 Å². The Balaban J connectivity index is 1.36. The molecule has 3 aromatic heterocycles. The predicted octanol–water partition coefficient (Wildman–Crippen LogP) is 5.29. The Hall–Kier alpha value is -2.38. The summed E-state index contributed by atoms with van der Waals surface area (Å²) >= 11 is 3.36. The fraction of sp³-hybridized carbons (Fsp3) is 0.211. The topological polar surface area (TPSA) is 56.7 Å². The molecule has 130 valence electrons. The minimum absolute atomic E-state index is 0.527. The summed E-state index contributed by atoms with van der Waals surface area (Å²) in [7, 11) is 0. The normalized spacial score (nSPS) is 14.0. The Morgan fingerprint density at radius 1 is 1.12 bits per heavy atom. The first-order chi connectivity index (χ1) is 12.9. The largest absolute Gasteiger partial charge is 0.360 e. The van der Waals surface area contributed by atoms with Gasteiger partial charge in [-0.15, -0.1) is 21.5 Å². The molecule has 1 aromatic carbocycles. The van der Waals surface area contributed by atoms with Gasteiger partial charge in [-0.2, -0.15) is 0 Å². The number of rotatable bonds is 6. The average molecular weight is 380 g/mol. The van der Waals surface area contributed by atoms with E-state index >= 15 is 0 Å². The van der Waals surface area contributed by atoms with Crippen molar-refractivity contribution >= 4 is 23.1 Å². The Morgan fingerprint density at radius 2 is 2.00 bits per heavy atom. The molecule has 0 aliphatic heterocycles. The summed E-state index contributed by atoms with van der Waals surface area (Å²) in [6, 6.07) is 16.8. The predicted molar refractivity (Wildman–Crippen MR) is 103 cm³/mol. The molecule has 0 unspecified atom stereocenters. The van der Waals surface area contributed by atoms with Gasteiger partial charge < -0.3 is 4.52 Å². The lowest BCUT2D eigenvalue weighted by Gasteiger charge is -2.06.